The number of halogens is 1. The number of rotatable bonds is 5. The van der Waals surface area contributed by atoms with Gasteiger partial charge in [0, 0.05) is 19.4 Å². The standard InChI is InChI=1S/C17H17FN2O4/c18-12-5-2-1-4-11(12)14-10-19-15(24-14)7-8-16(21)20-9-3-6-13(20)17(22)23/h1-2,4-5,10,13H,3,6-9H2,(H,22,23)/t13-/m0/s1. The Hall–Kier alpha value is -2.70. The maximum absolute atomic E-state index is 13.7. The Morgan fingerprint density at radius 3 is 2.92 bits per heavy atom. The molecule has 1 amide bonds. The molecule has 126 valence electrons. The summed E-state index contributed by atoms with van der Waals surface area (Å²) in [5.41, 5.74) is 0.313. The normalized spacial score (nSPS) is 17.2. The van der Waals surface area contributed by atoms with Crippen LogP contribution >= 0.6 is 0 Å². The fraction of sp³-hybridized carbons (Fsp3) is 0.353. The fourth-order valence-corrected chi connectivity index (χ4v) is 2.89. The zero-order chi connectivity index (χ0) is 17.1. The molecule has 0 radical (unpaired) electrons. The van der Waals surface area contributed by atoms with Gasteiger partial charge in [0.25, 0.3) is 0 Å². The van der Waals surface area contributed by atoms with Crippen molar-refractivity contribution in [2.45, 2.75) is 31.7 Å². The summed E-state index contributed by atoms with van der Waals surface area (Å²) >= 11 is 0. The number of hydrogen-bond donors (Lipinski definition) is 1. The molecule has 1 aromatic heterocycles. The van der Waals surface area contributed by atoms with E-state index in [0.29, 0.717) is 36.6 Å². The van der Waals surface area contributed by atoms with E-state index >= 15 is 0 Å². The Kier molecular flexibility index (Phi) is 4.59. The Bertz CT molecular complexity index is 759. The minimum absolute atomic E-state index is 0.112. The van der Waals surface area contributed by atoms with Gasteiger partial charge in [0.2, 0.25) is 5.91 Å². The lowest BCUT2D eigenvalue weighted by Gasteiger charge is -2.20. The molecule has 1 aliphatic rings. The number of benzene rings is 1. The van der Waals surface area contributed by atoms with Crippen molar-refractivity contribution in [1.29, 1.82) is 0 Å². The first-order valence-corrected chi connectivity index (χ1v) is 7.78. The van der Waals surface area contributed by atoms with E-state index in [1.807, 2.05) is 0 Å². The summed E-state index contributed by atoms with van der Waals surface area (Å²) in [6.07, 6.45) is 2.96. The molecule has 0 saturated carbocycles. The first-order valence-electron chi connectivity index (χ1n) is 7.78. The van der Waals surface area contributed by atoms with E-state index in [1.54, 1.807) is 18.2 Å². The fourth-order valence-electron chi connectivity index (χ4n) is 2.89. The van der Waals surface area contributed by atoms with Gasteiger partial charge in [-0.2, -0.15) is 0 Å². The lowest BCUT2D eigenvalue weighted by molar-refractivity contribution is -0.148. The van der Waals surface area contributed by atoms with E-state index < -0.39 is 17.8 Å². The van der Waals surface area contributed by atoms with Gasteiger partial charge in [-0.15, -0.1) is 0 Å². The van der Waals surface area contributed by atoms with Gasteiger partial charge in [0.1, 0.15) is 11.9 Å². The van der Waals surface area contributed by atoms with Crippen LogP contribution in [0.25, 0.3) is 11.3 Å². The Morgan fingerprint density at radius 2 is 2.17 bits per heavy atom. The van der Waals surface area contributed by atoms with Crippen molar-refractivity contribution in [1.82, 2.24) is 9.88 Å². The number of aliphatic carboxylic acids is 1. The maximum atomic E-state index is 13.7. The highest BCUT2D eigenvalue weighted by Crippen LogP contribution is 2.24. The average molecular weight is 332 g/mol. The van der Waals surface area contributed by atoms with Crippen LogP contribution in [0.5, 0.6) is 0 Å². The summed E-state index contributed by atoms with van der Waals surface area (Å²) in [5.74, 6) is -0.977. The number of carboxylic acids is 1. The molecule has 1 fully saturated rings. The second kappa shape index (κ2) is 6.82. The van der Waals surface area contributed by atoms with Crippen LogP contribution in [0.3, 0.4) is 0 Å². The Balaban J connectivity index is 1.63. The molecule has 2 heterocycles. The molecule has 1 saturated heterocycles. The first kappa shape index (κ1) is 16.2. The summed E-state index contributed by atoms with van der Waals surface area (Å²) < 4.78 is 19.2. The molecular weight excluding hydrogens is 315 g/mol. The molecule has 2 aromatic rings. The minimum atomic E-state index is -0.973. The molecule has 7 heteroatoms. The van der Waals surface area contributed by atoms with Gasteiger partial charge in [-0.1, -0.05) is 12.1 Å². The van der Waals surface area contributed by atoms with Crippen LogP contribution in [0.4, 0.5) is 4.39 Å². The predicted molar refractivity (Wildman–Crippen MR) is 82.6 cm³/mol. The molecular formula is C17H17FN2O4. The lowest BCUT2D eigenvalue weighted by atomic mass is 10.2. The van der Waals surface area contributed by atoms with Gasteiger partial charge in [0.05, 0.1) is 11.8 Å². The number of aromatic nitrogens is 1. The van der Waals surface area contributed by atoms with E-state index in [1.165, 1.54) is 17.2 Å². The molecule has 0 bridgehead atoms. The molecule has 1 N–H and O–H groups in total. The molecule has 0 unspecified atom stereocenters. The second-order valence-corrected chi connectivity index (χ2v) is 5.68. The van der Waals surface area contributed by atoms with E-state index in [-0.39, 0.29) is 18.7 Å². The SMILES string of the molecule is O=C(O)[C@@H]1CCCN1C(=O)CCc1ncc(-c2ccccc2F)o1. The highest BCUT2D eigenvalue weighted by Gasteiger charge is 2.33. The third kappa shape index (κ3) is 3.29. The third-order valence-corrected chi connectivity index (χ3v) is 4.10. The van der Waals surface area contributed by atoms with Crippen molar-refractivity contribution in [2.75, 3.05) is 6.54 Å². The van der Waals surface area contributed by atoms with Crippen molar-refractivity contribution in [3.05, 3.63) is 42.2 Å². The highest BCUT2D eigenvalue weighted by molar-refractivity contribution is 5.84. The number of likely N-dealkylation sites (tertiary alicyclic amines) is 1. The van der Waals surface area contributed by atoms with Crippen LogP contribution in [-0.2, 0) is 16.0 Å². The second-order valence-electron chi connectivity index (χ2n) is 5.68. The number of carbonyl (C=O) groups excluding carboxylic acids is 1. The number of hydrogen-bond acceptors (Lipinski definition) is 4. The van der Waals surface area contributed by atoms with E-state index in [2.05, 4.69) is 4.98 Å². The number of nitrogens with zero attached hydrogens (tertiary/aromatic N) is 2. The number of oxazole rings is 1. The smallest absolute Gasteiger partial charge is 0.326 e. The van der Waals surface area contributed by atoms with E-state index in [9.17, 15) is 14.0 Å². The van der Waals surface area contributed by atoms with Gasteiger partial charge in [-0.25, -0.2) is 14.2 Å². The predicted octanol–water partition coefficient (Wildman–Crippen LogP) is 2.49. The van der Waals surface area contributed by atoms with Gasteiger partial charge in [-0.05, 0) is 25.0 Å². The van der Waals surface area contributed by atoms with Crippen molar-refractivity contribution < 1.29 is 23.5 Å². The quantitative estimate of drug-likeness (QED) is 0.909. The van der Waals surface area contributed by atoms with Crippen LogP contribution in [0, 0.1) is 5.82 Å². The van der Waals surface area contributed by atoms with E-state index in [0.717, 1.165) is 0 Å². The topological polar surface area (TPSA) is 83.6 Å². The molecule has 1 aliphatic heterocycles. The van der Waals surface area contributed by atoms with Crippen LogP contribution < -0.4 is 0 Å². The highest BCUT2D eigenvalue weighted by atomic mass is 19.1. The van der Waals surface area contributed by atoms with Crippen molar-refractivity contribution in [3.63, 3.8) is 0 Å². The summed E-state index contributed by atoms with van der Waals surface area (Å²) in [5, 5.41) is 9.11. The lowest BCUT2D eigenvalue weighted by Crippen LogP contribution is -2.40. The van der Waals surface area contributed by atoms with Crippen LogP contribution in [0.15, 0.2) is 34.9 Å². The first-order chi connectivity index (χ1) is 11.6. The van der Waals surface area contributed by atoms with Crippen molar-refractivity contribution in [2.24, 2.45) is 0 Å². The zero-order valence-electron chi connectivity index (χ0n) is 12.9. The summed E-state index contributed by atoms with van der Waals surface area (Å²) in [6.45, 7) is 0.460. The van der Waals surface area contributed by atoms with Crippen LogP contribution in [0.1, 0.15) is 25.2 Å². The molecule has 24 heavy (non-hydrogen) atoms. The Labute approximate surface area is 137 Å². The number of amides is 1. The molecule has 1 aromatic carbocycles. The third-order valence-electron chi connectivity index (χ3n) is 4.10. The average Bonchev–Trinajstić information content (AvgIpc) is 3.22. The molecule has 0 aliphatic carbocycles. The monoisotopic (exact) mass is 332 g/mol. The zero-order valence-corrected chi connectivity index (χ0v) is 12.9. The number of aryl methyl sites for hydroxylation is 1. The molecule has 0 spiro atoms. The van der Waals surface area contributed by atoms with Gasteiger partial charge in [0.15, 0.2) is 11.7 Å². The molecule has 1 atom stereocenters. The Morgan fingerprint density at radius 1 is 1.38 bits per heavy atom. The van der Waals surface area contributed by atoms with Crippen molar-refractivity contribution in [3.8, 4) is 11.3 Å². The van der Waals surface area contributed by atoms with Gasteiger partial charge in [-0.3, -0.25) is 4.79 Å². The maximum Gasteiger partial charge on any atom is 0.326 e. The molecule has 6 nitrogen and oxygen atoms in total. The summed E-state index contributed by atoms with van der Waals surface area (Å²) in [6, 6.07) is 5.47. The van der Waals surface area contributed by atoms with Crippen LogP contribution in [0.2, 0.25) is 0 Å². The van der Waals surface area contributed by atoms with Gasteiger partial charge >= 0.3 is 5.97 Å². The van der Waals surface area contributed by atoms with E-state index in [4.69, 9.17) is 9.52 Å². The molecule has 3 rings (SSSR count). The number of carboxylic acid groups (broad SMARTS) is 1. The number of carbonyl (C=O) groups is 2. The van der Waals surface area contributed by atoms with Crippen molar-refractivity contribution >= 4 is 11.9 Å². The minimum Gasteiger partial charge on any atom is -0.480 e. The largest absolute Gasteiger partial charge is 0.480 e. The summed E-state index contributed by atoms with van der Waals surface area (Å²) in [4.78, 5) is 28.8. The van der Waals surface area contributed by atoms with Gasteiger partial charge < -0.3 is 14.4 Å². The summed E-state index contributed by atoms with van der Waals surface area (Å²) in [7, 11) is 0. The van der Waals surface area contributed by atoms with Crippen LogP contribution in [-0.4, -0.2) is 39.5 Å².